The molecule has 43 heavy (non-hydrogen) atoms. The van der Waals surface area contributed by atoms with Crippen molar-refractivity contribution in [2.24, 2.45) is 5.92 Å². The van der Waals surface area contributed by atoms with Crippen LogP contribution in [-0.4, -0.2) is 57.6 Å². The van der Waals surface area contributed by atoms with Gasteiger partial charge in [0, 0.05) is 38.1 Å². The van der Waals surface area contributed by atoms with Gasteiger partial charge in [0.1, 0.15) is 0 Å². The summed E-state index contributed by atoms with van der Waals surface area (Å²) in [5.74, 6) is 0.960. The average molecular weight is 586 g/mol. The van der Waals surface area contributed by atoms with Gasteiger partial charge in [-0.15, -0.1) is 0 Å². The number of carboxylic acids is 1. The molecular weight excluding hydrogens is 542 g/mol. The Balaban J connectivity index is 1.16. The van der Waals surface area contributed by atoms with E-state index in [1.807, 2.05) is 6.07 Å². The molecule has 2 heterocycles. The van der Waals surface area contributed by atoms with Crippen molar-refractivity contribution in [1.82, 2.24) is 20.3 Å². The molecule has 1 amide bonds. The van der Waals surface area contributed by atoms with Gasteiger partial charge in [0.25, 0.3) is 0 Å². The number of aromatic carboxylic acids is 1. The Morgan fingerprint density at radius 2 is 1.47 bits per heavy atom. The summed E-state index contributed by atoms with van der Waals surface area (Å²) in [4.78, 5) is 40.6. The van der Waals surface area contributed by atoms with Gasteiger partial charge in [-0.05, 0) is 68.2 Å². The molecule has 3 aromatic rings. The molecule has 5 rings (SSSR count). The SMILES string of the molecule is O=C(O)c1ccc(CNC(=O)C2CCC(Nc3nc(NCCc4ccccc4)nc(N4CCCCCCC4)n3)CC2)cc1. The second-order valence-electron chi connectivity index (χ2n) is 11.6. The predicted molar refractivity (Wildman–Crippen MR) is 168 cm³/mol. The third-order valence-corrected chi connectivity index (χ3v) is 8.40. The number of hydrogen-bond donors (Lipinski definition) is 4. The van der Waals surface area contributed by atoms with E-state index in [-0.39, 0.29) is 23.4 Å². The molecule has 10 nitrogen and oxygen atoms in total. The van der Waals surface area contributed by atoms with Crippen LogP contribution in [0.1, 0.15) is 79.3 Å². The Kier molecular flexibility index (Phi) is 10.8. The molecule has 2 fully saturated rings. The van der Waals surface area contributed by atoms with Crippen molar-refractivity contribution in [3.63, 3.8) is 0 Å². The summed E-state index contributed by atoms with van der Waals surface area (Å²) in [5, 5.41) is 19.1. The first-order valence-electron chi connectivity index (χ1n) is 15.7. The lowest BCUT2D eigenvalue weighted by Gasteiger charge is -2.29. The molecule has 228 valence electrons. The van der Waals surface area contributed by atoms with Crippen LogP contribution in [0.3, 0.4) is 0 Å². The third kappa shape index (κ3) is 9.14. The van der Waals surface area contributed by atoms with Crippen molar-refractivity contribution in [3.05, 3.63) is 71.3 Å². The fraction of sp³-hybridized carbons (Fsp3) is 0.485. The minimum atomic E-state index is -0.956. The van der Waals surface area contributed by atoms with E-state index in [1.54, 1.807) is 24.3 Å². The van der Waals surface area contributed by atoms with E-state index in [9.17, 15) is 9.59 Å². The Hall–Kier alpha value is -4.21. The number of benzene rings is 2. The summed E-state index contributed by atoms with van der Waals surface area (Å²) in [7, 11) is 0. The van der Waals surface area contributed by atoms with Crippen LogP contribution in [0.15, 0.2) is 54.6 Å². The predicted octanol–water partition coefficient (Wildman–Crippen LogP) is 5.28. The third-order valence-electron chi connectivity index (χ3n) is 8.40. The van der Waals surface area contributed by atoms with Gasteiger partial charge < -0.3 is 26.0 Å². The standard InChI is InChI=1S/C33H43N7O3/c41-29(35-23-25-11-13-27(14-12-25)30(42)43)26-15-17-28(18-16-26)36-32-37-31(34-20-19-24-9-5-4-6-10-24)38-33(39-32)40-21-7-2-1-3-8-22-40/h4-6,9-14,26,28H,1-3,7-8,15-23H2,(H,35,41)(H,42,43)(H2,34,36,37,38,39). The fourth-order valence-corrected chi connectivity index (χ4v) is 5.84. The molecule has 10 heteroatoms. The smallest absolute Gasteiger partial charge is 0.335 e. The first-order valence-corrected chi connectivity index (χ1v) is 15.7. The van der Waals surface area contributed by atoms with Crippen LogP contribution < -0.4 is 20.9 Å². The molecular formula is C33H43N7O3. The average Bonchev–Trinajstić information content (AvgIpc) is 3.01. The molecule has 0 atom stereocenters. The van der Waals surface area contributed by atoms with Crippen LogP contribution >= 0.6 is 0 Å². The number of anilines is 3. The quantitative estimate of drug-likeness (QED) is 0.237. The highest BCUT2D eigenvalue weighted by atomic mass is 16.4. The molecule has 0 radical (unpaired) electrons. The minimum Gasteiger partial charge on any atom is -0.478 e. The molecule has 1 aliphatic carbocycles. The molecule has 2 aliphatic rings. The van der Waals surface area contributed by atoms with Gasteiger partial charge >= 0.3 is 5.97 Å². The van der Waals surface area contributed by atoms with Crippen LogP contribution in [0, 0.1) is 5.92 Å². The number of amides is 1. The van der Waals surface area contributed by atoms with Gasteiger partial charge in [-0.1, -0.05) is 61.7 Å². The molecule has 1 saturated heterocycles. The zero-order chi connectivity index (χ0) is 29.9. The zero-order valence-electron chi connectivity index (χ0n) is 24.8. The van der Waals surface area contributed by atoms with Crippen LogP contribution in [-0.2, 0) is 17.8 Å². The van der Waals surface area contributed by atoms with Gasteiger partial charge in [-0.3, -0.25) is 4.79 Å². The second kappa shape index (κ2) is 15.3. The van der Waals surface area contributed by atoms with E-state index in [4.69, 9.17) is 20.1 Å². The van der Waals surface area contributed by atoms with Crippen molar-refractivity contribution < 1.29 is 14.7 Å². The van der Waals surface area contributed by atoms with E-state index in [2.05, 4.69) is 45.1 Å². The van der Waals surface area contributed by atoms with Crippen LogP contribution in [0.4, 0.5) is 17.8 Å². The summed E-state index contributed by atoms with van der Waals surface area (Å²) in [6.07, 6.45) is 10.2. The summed E-state index contributed by atoms with van der Waals surface area (Å²) < 4.78 is 0. The van der Waals surface area contributed by atoms with E-state index >= 15 is 0 Å². The minimum absolute atomic E-state index is 0.0403. The van der Waals surface area contributed by atoms with Crippen molar-refractivity contribution in [2.45, 2.75) is 76.8 Å². The van der Waals surface area contributed by atoms with E-state index < -0.39 is 5.97 Å². The number of carboxylic acid groups (broad SMARTS) is 1. The van der Waals surface area contributed by atoms with Crippen LogP contribution in [0.2, 0.25) is 0 Å². The lowest BCUT2D eigenvalue weighted by atomic mass is 9.85. The summed E-state index contributed by atoms with van der Waals surface area (Å²) >= 11 is 0. The van der Waals surface area contributed by atoms with Gasteiger partial charge in [-0.25, -0.2) is 4.79 Å². The molecule has 0 unspecified atom stereocenters. The topological polar surface area (TPSA) is 132 Å². The molecule has 1 saturated carbocycles. The van der Waals surface area contributed by atoms with Gasteiger partial charge in [0.2, 0.25) is 23.8 Å². The largest absolute Gasteiger partial charge is 0.478 e. The molecule has 0 bridgehead atoms. The number of carbonyl (C=O) groups is 2. The summed E-state index contributed by atoms with van der Waals surface area (Å²) in [6.45, 7) is 3.03. The Morgan fingerprint density at radius 1 is 0.791 bits per heavy atom. The maximum atomic E-state index is 12.9. The zero-order valence-corrected chi connectivity index (χ0v) is 24.8. The van der Waals surface area contributed by atoms with Gasteiger partial charge in [-0.2, -0.15) is 15.0 Å². The van der Waals surface area contributed by atoms with Crippen LogP contribution in [0.25, 0.3) is 0 Å². The van der Waals surface area contributed by atoms with Crippen molar-refractivity contribution in [2.75, 3.05) is 35.2 Å². The number of carbonyl (C=O) groups excluding carboxylic acids is 1. The Labute approximate surface area is 253 Å². The summed E-state index contributed by atoms with van der Waals surface area (Å²) in [5.41, 5.74) is 2.39. The normalized spacial score (nSPS) is 19.1. The monoisotopic (exact) mass is 585 g/mol. The molecule has 1 aromatic heterocycles. The van der Waals surface area contributed by atoms with E-state index in [0.29, 0.717) is 18.4 Å². The molecule has 4 N–H and O–H groups in total. The Bertz CT molecular complexity index is 1320. The van der Waals surface area contributed by atoms with Crippen molar-refractivity contribution in [3.8, 4) is 0 Å². The molecule has 1 aliphatic heterocycles. The lowest BCUT2D eigenvalue weighted by Crippen LogP contribution is -2.36. The fourth-order valence-electron chi connectivity index (χ4n) is 5.84. The number of nitrogens with zero attached hydrogens (tertiary/aromatic N) is 4. The second-order valence-corrected chi connectivity index (χ2v) is 11.6. The van der Waals surface area contributed by atoms with Gasteiger partial charge in [0.05, 0.1) is 5.56 Å². The first kappa shape index (κ1) is 30.3. The van der Waals surface area contributed by atoms with Crippen molar-refractivity contribution >= 4 is 29.7 Å². The molecule has 0 spiro atoms. The van der Waals surface area contributed by atoms with E-state index in [0.717, 1.165) is 76.1 Å². The molecule has 2 aromatic carbocycles. The van der Waals surface area contributed by atoms with Crippen LogP contribution in [0.5, 0.6) is 0 Å². The Morgan fingerprint density at radius 3 is 2.16 bits per heavy atom. The lowest BCUT2D eigenvalue weighted by molar-refractivity contribution is -0.126. The number of hydrogen-bond acceptors (Lipinski definition) is 8. The van der Waals surface area contributed by atoms with E-state index in [1.165, 1.54) is 24.8 Å². The highest BCUT2D eigenvalue weighted by Gasteiger charge is 2.27. The maximum Gasteiger partial charge on any atom is 0.335 e. The number of aromatic nitrogens is 3. The summed E-state index contributed by atoms with van der Waals surface area (Å²) in [6, 6.07) is 17.2. The number of rotatable bonds is 11. The van der Waals surface area contributed by atoms with Crippen molar-refractivity contribution in [1.29, 1.82) is 0 Å². The number of nitrogens with one attached hydrogen (secondary N) is 3. The highest BCUT2D eigenvalue weighted by molar-refractivity contribution is 5.87. The first-order chi connectivity index (χ1) is 21.0. The highest BCUT2D eigenvalue weighted by Crippen LogP contribution is 2.27. The maximum absolute atomic E-state index is 12.9. The van der Waals surface area contributed by atoms with Gasteiger partial charge in [0.15, 0.2) is 0 Å².